The lowest BCUT2D eigenvalue weighted by Crippen LogP contribution is -2.34. The summed E-state index contributed by atoms with van der Waals surface area (Å²) in [5.74, 6) is -0.328. The Morgan fingerprint density at radius 1 is 0.913 bits per heavy atom. The Hall–Kier alpha value is -2.33. The van der Waals surface area contributed by atoms with Gasteiger partial charge < -0.3 is 10.6 Å². The molecular weight excluding hydrogens is 312 g/mol. The lowest BCUT2D eigenvalue weighted by atomic mass is 10.1. The van der Waals surface area contributed by atoms with E-state index in [2.05, 4.69) is 10.6 Å². The molecule has 120 valence electrons. The van der Waals surface area contributed by atoms with Crippen LogP contribution in [0.4, 0.5) is 0 Å². The van der Waals surface area contributed by atoms with Gasteiger partial charge in [0.05, 0.1) is 0 Å². The molecule has 0 aliphatic carbocycles. The van der Waals surface area contributed by atoms with E-state index in [0.29, 0.717) is 29.2 Å². The fraction of sp³-hybridized carbons (Fsp3) is 0.222. The maximum absolute atomic E-state index is 12.1. The first-order valence-corrected chi connectivity index (χ1v) is 7.74. The van der Waals surface area contributed by atoms with Crippen molar-refractivity contribution in [1.29, 1.82) is 0 Å². The van der Waals surface area contributed by atoms with E-state index in [0.717, 1.165) is 11.1 Å². The van der Waals surface area contributed by atoms with Crippen LogP contribution in [0.25, 0.3) is 0 Å². The highest BCUT2D eigenvalue weighted by Crippen LogP contribution is 2.10. The summed E-state index contributed by atoms with van der Waals surface area (Å²) in [4.78, 5) is 24.0. The van der Waals surface area contributed by atoms with Gasteiger partial charge in [-0.1, -0.05) is 29.3 Å². The van der Waals surface area contributed by atoms with Gasteiger partial charge in [-0.05, 0) is 49.7 Å². The third kappa shape index (κ3) is 4.83. The smallest absolute Gasteiger partial charge is 0.251 e. The fourth-order valence-electron chi connectivity index (χ4n) is 2.22. The zero-order valence-corrected chi connectivity index (χ0v) is 13.9. The first-order chi connectivity index (χ1) is 11.0. The highest BCUT2D eigenvalue weighted by Gasteiger charge is 2.09. The van der Waals surface area contributed by atoms with E-state index < -0.39 is 0 Å². The SMILES string of the molecule is Cc1ccc(C(=O)NCCNC(=O)c2ccc(Cl)cc2)c(C)c1. The lowest BCUT2D eigenvalue weighted by Gasteiger charge is -2.09. The Labute approximate surface area is 140 Å². The van der Waals surface area contributed by atoms with E-state index >= 15 is 0 Å². The molecule has 0 unspecified atom stereocenters. The average Bonchev–Trinajstić information content (AvgIpc) is 2.51. The predicted octanol–water partition coefficient (Wildman–Crippen LogP) is 3.12. The lowest BCUT2D eigenvalue weighted by molar-refractivity contribution is 0.0927. The molecule has 0 radical (unpaired) electrons. The molecule has 2 rings (SSSR count). The Morgan fingerprint density at radius 2 is 1.52 bits per heavy atom. The molecule has 2 aromatic carbocycles. The summed E-state index contributed by atoms with van der Waals surface area (Å²) in [6.07, 6.45) is 0. The van der Waals surface area contributed by atoms with Gasteiger partial charge in [-0.2, -0.15) is 0 Å². The van der Waals surface area contributed by atoms with Crippen molar-refractivity contribution in [3.05, 3.63) is 69.7 Å². The standard InChI is InChI=1S/C18H19ClN2O2/c1-12-3-8-16(13(2)11-12)18(23)21-10-9-20-17(22)14-4-6-15(19)7-5-14/h3-8,11H,9-10H2,1-2H3,(H,20,22)(H,21,23). The van der Waals surface area contributed by atoms with Gasteiger partial charge in [0.25, 0.3) is 11.8 Å². The molecule has 0 aromatic heterocycles. The van der Waals surface area contributed by atoms with Gasteiger partial charge in [-0.25, -0.2) is 0 Å². The van der Waals surface area contributed by atoms with Crippen molar-refractivity contribution < 1.29 is 9.59 Å². The molecule has 0 saturated heterocycles. The van der Waals surface area contributed by atoms with Gasteiger partial charge in [0.1, 0.15) is 0 Å². The zero-order chi connectivity index (χ0) is 16.8. The molecule has 23 heavy (non-hydrogen) atoms. The topological polar surface area (TPSA) is 58.2 Å². The first kappa shape index (κ1) is 17.0. The van der Waals surface area contributed by atoms with Crippen molar-refractivity contribution in [3.8, 4) is 0 Å². The van der Waals surface area contributed by atoms with Crippen LogP contribution in [0, 0.1) is 13.8 Å². The molecule has 0 bridgehead atoms. The van der Waals surface area contributed by atoms with Crippen molar-refractivity contribution in [2.75, 3.05) is 13.1 Å². The molecule has 2 amide bonds. The van der Waals surface area contributed by atoms with Crippen LogP contribution in [-0.2, 0) is 0 Å². The van der Waals surface area contributed by atoms with Crippen LogP contribution in [0.2, 0.25) is 5.02 Å². The van der Waals surface area contributed by atoms with Crippen molar-refractivity contribution in [1.82, 2.24) is 10.6 Å². The van der Waals surface area contributed by atoms with Crippen LogP contribution in [0.3, 0.4) is 0 Å². The number of hydrogen-bond donors (Lipinski definition) is 2. The highest BCUT2D eigenvalue weighted by atomic mass is 35.5. The van der Waals surface area contributed by atoms with Crippen LogP contribution in [0.15, 0.2) is 42.5 Å². The van der Waals surface area contributed by atoms with Crippen molar-refractivity contribution in [2.45, 2.75) is 13.8 Å². The van der Waals surface area contributed by atoms with Crippen LogP contribution in [-0.4, -0.2) is 24.9 Å². The van der Waals surface area contributed by atoms with E-state index in [1.807, 2.05) is 32.0 Å². The van der Waals surface area contributed by atoms with Gasteiger partial charge in [-0.3, -0.25) is 9.59 Å². The molecule has 0 heterocycles. The molecule has 0 aliphatic rings. The Balaban J connectivity index is 1.79. The molecule has 0 atom stereocenters. The molecule has 4 nitrogen and oxygen atoms in total. The second-order valence-electron chi connectivity index (χ2n) is 5.34. The van der Waals surface area contributed by atoms with Crippen LogP contribution in [0.5, 0.6) is 0 Å². The maximum Gasteiger partial charge on any atom is 0.251 e. The van der Waals surface area contributed by atoms with Gasteiger partial charge in [-0.15, -0.1) is 0 Å². The van der Waals surface area contributed by atoms with E-state index in [9.17, 15) is 9.59 Å². The second kappa shape index (κ2) is 7.79. The molecule has 0 spiro atoms. The number of carbonyl (C=O) groups excluding carboxylic acids is 2. The Bertz CT molecular complexity index is 711. The molecule has 0 fully saturated rings. The van der Waals surface area contributed by atoms with Crippen LogP contribution >= 0.6 is 11.6 Å². The quantitative estimate of drug-likeness (QED) is 0.828. The summed E-state index contributed by atoms with van der Waals surface area (Å²) in [6.45, 7) is 4.62. The van der Waals surface area contributed by atoms with Gasteiger partial charge in [0.15, 0.2) is 0 Å². The van der Waals surface area contributed by atoms with E-state index in [1.165, 1.54) is 0 Å². The third-order valence-corrected chi connectivity index (χ3v) is 3.68. The fourth-order valence-corrected chi connectivity index (χ4v) is 2.34. The zero-order valence-electron chi connectivity index (χ0n) is 13.2. The minimum atomic E-state index is -0.192. The Kier molecular flexibility index (Phi) is 5.77. The van der Waals surface area contributed by atoms with Gasteiger partial charge >= 0.3 is 0 Å². The molecular formula is C18H19ClN2O2. The number of hydrogen-bond acceptors (Lipinski definition) is 2. The van der Waals surface area contributed by atoms with Crippen molar-refractivity contribution >= 4 is 23.4 Å². The minimum Gasteiger partial charge on any atom is -0.350 e. The Morgan fingerprint density at radius 3 is 2.13 bits per heavy atom. The van der Waals surface area contributed by atoms with Gasteiger partial charge in [0, 0.05) is 29.2 Å². The van der Waals surface area contributed by atoms with E-state index in [-0.39, 0.29) is 11.8 Å². The normalized spacial score (nSPS) is 10.2. The number of halogens is 1. The highest BCUT2D eigenvalue weighted by molar-refractivity contribution is 6.30. The molecule has 0 saturated carbocycles. The molecule has 2 N–H and O–H groups in total. The summed E-state index contributed by atoms with van der Waals surface area (Å²) in [5, 5.41) is 6.14. The number of rotatable bonds is 5. The minimum absolute atomic E-state index is 0.136. The third-order valence-electron chi connectivity index (χ3n) is 3.43. The number of carbonyl (C=O) groups is 2. The first-order valence-electron chi connectivity index (χ1n) is 7.36. The van der Waals surface area contributed by atoms with Crippen LogP contribution < -0.4 is 10.6 Å². The van der Waals surface area contributed by atoms with Crippen molar-refractivity contribution in [3.63, 3.8) is 0 Å². The number of aryl methyl sites for hydroxylation is 2. The second-order valence-corrected chi connectivity index (χ2v) is 5.77. The number of amides is 2. The van der Waals surface area contributed by atoms with Gasteiger partial charge in [0.2, 0.25) is 0 Å². The number of benzene rings is 2. The summed E-state index contributed by atoms with van der Waals surface area (Å²) in [7, 11) is 0. The summed E-state index contributed by atoms with van der Waals surface area (Å²) < 4.78 is 0. The monoisotopic (exact) mass is 330 g/mol. The molecule has 0 aliphatic heterocycles. The van der Waals surface area contributed by atoms with E-state index in [4.69, 9.17) is 11.6 Å². The van der Waals surface area contributed by atoms with Crippen LogP contribution in [0.1, 0.15) is 31.8 Å². The largest absolute Gasteiger partial charge is 0.350 e. The average molecular weight is 331 g/mol. The molecule has 5 heteroatoms. The number of nitrogens with one attached hydrogen (secondary N) is 2. The predicted molar refractivity (Wildman–Crippen MR) is 92.0 cm³/mol. The van der Waals surface area contributed by atoms with Crippen molar-refractivity contribution in [2.24, 2.45) is 0 Å². The summed E-state index contributed by atoms with van der Waals surface area (Å²) in [5.41, 5.74) is 3.25. The summed E-state index contributed by atoms with van der Waals surface area (Å²) in [6, 6.07) is 12.3. The maximum atomic E-state index is 12.1. The summed E-state index contributed by atoms with van der Waals surface area (Å²) >= 11 is 5.78. The molecule has 2 aromatic rings. The van der Waals surface area contributed by atoms with E-state index in [1.54, 1.807) is 24.3 Å².